The number of ketones is 1. The molecule has 0 heterocycles. The second-order valence-corrected chi connectivity index (χ2v) is 3.78. The molecule has 2 unspecified atom stereocenters. The van der Waals surface area contributed by atoms with Gasteiger partial charge in [0.25, 0.3) is 0 Å². The van der Waals surface area contributed by atoms with Crippen LogP contribution in [0, 0.1) is 11.6 Å². The monoisotopic (exact) mass is 242 g/mol. The summed E-state index contributed by atoms with van der Waals surface area (Å²) in [4.78, 5) is 11.2. The van der Waals surface area contributed by atoms with Crippen LogP contribution in [0.2, 0.25) is 0 Å². The summed E-state index contributed by atoms with van der Waals surface area (Å²) in [5.41, 5.74) is 0. The quantitative estimate of drug-likeness (QED) is 0.811. The number of hydrogen-bond donors (Lipinski definition) is 0. The maximum absolute atomic E-state index is 12.9. The van der Waals surface area contributed by atoms with Gasteiger partial charge in [0, 0.05) is 19.1 Å². The highest BCUT2D eigenvalue weighted by Crippen LogP contribution is 2.26. The van der Waals surface area contributed by atoms with E-state index in [-0.39, 0.29) is 18.0 Å². The Kier molecular flexibility index (Phi) is 3.38. The van der Waals surface area contributed by atoms with Crippen molar-refractivity contribution in [3.63, 3.8) is 0 Å². The number of carbonyl (C=O) groups excluding carboxylic acids is 1. The number of benzene rings is 1. The van der Waals surface area contributed by atoms with Crippen molar-refractivity contribution in [1.82, 2.24) is 0 Å². The topological polar surface area (TPSA) is 35.5 Å². The number of Topliss-reactive ketones (excluding diaryl/α,β-unsaturated/α-hetero) is 1. The van der Waals surface area contributed by atoms with Crippen LogP contribution in [0.3, 0.4) is 0 Å². The van der Waals surface area contributed by atoms with Crippen molar-refractivity contribution < 1.29 is 23.0 Å². The standard InChI is InChI=1S/C12H12F2O3/c1-2-16-12-10(15)6-11(12)17-7-3-4-8(13)9(14)5-7/h3-5,11-12H,2,6H2,1H3. The lowest BCUT2D eigenvalue weighted by molar-refractivity contribution is -0.154. The number of hydrogen-bond acceptors (Lipinski definition) is 3. The second kappa shape index (κ2) is 4.79. The highest BCUT2D eigenvalue weighted by atomic mass is 19.2. The molecule has 2 rings (SSSR count). The van der Waals surface area contributed by atoms with Crippen molar-refractivity contribution in [1.29, 1.82) is 0 Å². The lowest BCUT2D eigenvalue weighted by Gasteiger charge is -2.34. The van der Waals surface area contributed by atoms with Crippen molar-refractivity contribution >= 4 is 5.78 Å². The van der Waals surface area contributed by atoms with E-state index < -0.39 is 23.8 Å². The van der Waals surface area contributed by atoms with Gasteiger partial charge in [0.15, 0.2) is 23.5 Å². The third-order valence-electron chi connectivity index (χ3n) is 2.58. The van der Waals surface area contributed by atoms with Gasteiger partial charge < -0.3 is 9.47 Å². The van der Waals surface area contributed by atoms with E-state index in [0.29, 0.717) is 6.61 Å². The molecule has 1 fully saturated rings. The number of ether oxygens (including phenoxy) is 2. The first kappa shape index (κ1) is 12.0. The van der Waals surface area contributed by atoms with Gasteiger partial charge in [0.1, 0.15) is 11.9 Å². The van der Waals surface area contributed by atoms with Crippen LogP contribution >= 0.6 is 0 Å². The van der Waals surface area contributed by atoms with Crippen LogP contribution in [0.4, 0.5) is 8.78 Å². The normalized spacial score (nSPS) is 23.4. The summed E-state index contributed by atoms with van der Waals surface area (Å²) in [5.74, 6) is -1.73. The summed E-state index contributed by atoms with van der Waals surface area (Å²) >= 11 is 0. The molecule has 0 bridgehead atoms. The van der Waals surface area contributed by atoms with Crippen molar-refractivity contribution in [2.45, 2.75) is 25.6 Å². The molecular formula is C12H12F2O3. The van der Waals surface area contributed by atoms with E-state index in [1.807, 2.05) is 0 Å². The van der Waals surface area contributed by atoms with Gasteiger partial charge in [0.2, 0.25) is 0 Å². The molecule has 0 radical (unpaired) electrons. The fourth-order valence-corrected chi connectivity index (χ4v) is 1.68. The van der Waals surface area contributed by atoms with E-state index in [1.54, 1.807) is 6.92 Å². The van der Waals surface area contributed by atoms with Crippen molar-refractivity contribution in [3.05, 3.63) is 29.8 Å². The van der Waals surface area contributed by atoms with E-state index in [0.717, 1.165) is 12.1 Å². The Labute approximate surface area is 97.3 Å². The largest absolute Gasteiger partial charge is 0.487 e. The van der Waals surface area contributed by atoms with E-state index in [2.05, 4.69) is 0 Å². The van der Waals surface area contributed by atoms with Crippen LogP contribution in [-0.4, -0.2) is 24.6 Å². The van der Waals surface area contributed by atoms with Gasteiger partial charge in [-0.2, -0.15) is 0 Å². The zero-order chi connectivity index (χ0) is 12.4. The maximum atomic E-state index is 12.9. The first-order valence-electron chi connectivity index (χ1n) is 5.38. The van der Waals surface area contributed by atoms with Crippen LogP contribution in [0.5, 0.6) is 5.75 Å². The molecule has 17 heavy (non-hydrogen) atoms. The molecular weight excluding hydrogens is 230 g/mol. The Morgan fingerprint density at radius 3 is 2.71 bits per heavy atom. The molecule has 5 heteroatoms. The molecule has 0 aliphatic heterocycles. The molecule has 0 spiro atoms. The van der Waals surface area contributed by atoms with Crippen LogP contribution in [0.1, 0.15) is 13.3 Å². The molecule has 92 valence electrons. The maximum Gasteiger partial charge on any atom is 0.169 e. The van der Waals surface area contributed by atoms with Crippen LogP contribution in [-0.2, 0) is 9.53 Å². The third-order valence-corrected chi connectivity index (χ3v) is 2.58. The second-order valence-electron chi connectivity index (χ2n) is 3.78. The number of rotatable bonds is 4. The SMILES string of the molecule is CCOC1C(=O)CC1Oc1ccc(F)c(F)c1. The molecule has 3 nitrogen and oxygen atoms in total. The summed E-state index contributed by atoms with van der Waals surface area (Å²) in [7, 11) is 0. The Morgan fingerprint density at radius 2 is 2.12 bits per heavy atom. The minimum atomic E-state index is -0.971. The average molecular weight is 242 g/mol. The Hall–Kier alpha value is -1.49. The predicted octanol–water partition coefficient (Wildman–Crippen LogP) is 2.09. The summed E-state index contributed by atoms with van der Waals surface area (Å²) < 4.78 is 36.2. The van der Waals surface area contributed by atoms with E-state index in [9.17, 15) is 13.6 Å². The van der Waals surface area contributed by atoms with Crippen LogP contribution in [0.15, 0.2) is 18.2 Å². The lowest BCUT2D eigenvalue weighted by Crippen LogP contribution is -2.52. The van der Waals surface area contributed by atoms with Gasteiger partial charge in [-0.25, -0.2) is 8.78 Å². The fraction of sp³-hybridized carbons (Fsp3) is 0.417. The third kappa shape index (κ3) is 2.44. The molecule has 1 aliphatic rings. The zero-order valence-corrected chi connectivity index (χ0v) is 9.28. The highest BCUT2D eigenvalue weighted by molar-refractivity contribution is 5.90. The van der Waals surface area contributed by atoms with E-state index >= 15 is 0 Å². The molecule has 0 saturated heterocycles. The predicted molar refractivity (Wildman–Crippen MR) is 55.8 cm³/mol. The minimum absolute atomic E-state index is 0.0283. The Morgan fingerprint density at radius 1 is 1.35 bits per heavy atom. The molecule has 1 aromatic carbocycles. The summed E-state index contributed by atoms with van der Waals surface area (Å²) in [6.07, 6.45) is -0.760. The van der Waals surface area contributed by atoms with E-state index in [1.165, 1.54) is 6.07 Å². The van der Waals surface area contributed by atoms with Gasteiger partial charge in [-0.05, 0) is 19.1 Å². The molecule has 0 amide bonds. The molecule has 2 atom stereocenters. The number of halogens is 2. The van der Waals surface area contributed by atoms with Gasteiger partial charge >= 0.3 is 0 Å². The lowest BCUT2D eigenvalue weighted by atomic mass is 9.90. The van der Waals surface area contributed by atoms with Crippen molar-refractivity contribution in [2.24, 2.45) is 0 Å². The van der Waals surface area contributed by atoms with Gasteiger partial charge in [-0.3, -0.25) is 4.79 Å². The Balaban J connectivity index is 2.01. The molecule has 1 aromatic rings. The molecule has 0 aromatic heterocycles. The van der Waals surface area contributed by atoms with Crippen molar-refractivity contribution in [2.75, 3.05) is 6.61 Å². The molecule has 1 aliphatic carbocycles. The average Bonchev–Trinajstić information content (AvgIpc) is 2.30. The molecule has 1 saturated carbocycles. The fourth-order valence-electron chi connectivity index (χ4n) is 1.68. The van der Waals surface area contributed by atoms with Gasteiger partial charge in [0.05, 0.1) is 0 Å². The van der Waals surface area contributed by atoms with Crippen LogP contribution in [0.25, 0.3) is 0 Å². The van der Waals surface area contributed by atoms with Gasteiger partial charge in [-0.1, -0.05) is 0 Å². The first-order chi connectivity index (χ1) is 8.11. The minimum Gasteiger partial charge on any atom is -0.487 e. The van der Waals surface area contributed by atoms with Crippen LogP contribution < -0.4 is 4.74 Å². The van der Waals surface area contributed by atoms with E-state index in [4.69, 9.17) is 9.47 Å². The van der Waals surface area contributed by atoms with Crippen molar-refractivity contribution in [3.8, 4) is 5.75 Å². The Bertz CT molecular complexity index is 434. The highest BCUT2D eigenvalue weighted by Gasteiger charge is 2.42. The summed E-state index contributed by atoms with van der Waals surface area (Å²) in [6, 6.07) is 3.27. The smallest absolute Gasteiger partial charge is 0.169 e. The summed E-state index contributed by atoms with van der Waals surface area (Å²) in [6.45, 7) is 2.19. The van der Waals surface area contributed by atoms with Gasteiger partial charge in [-0.15, -0.1) is 0 Å². The first-order valence-corrected chi connectivity index (χ1v) is 5.38. The number of carbonyl (C=O) groups is 1. The zero-order valence-electron chi connectivity index (χ0n) is 9.28. The summed E-state index contributed by atoms with van der Waals surface area (Å²) in [5, 5.41) is 0. The molecule has 0 N–H and O–H groups in total.